The van der Waals surface area contributed by atoms with E-state index in [1.165, 1.54) is 0 Å². The van der Waals surface area contributed by atoms with Crippen molar-refractivity contribution in [2.24, 2.45) is 0 Å². The number of halogens is 1. The van der Waals surface area contributed by atoms with E-state index >= 15 is 0 Å². The number of imidazole rings is 1. The molecule has 1 aromatic heterocycles. The molecule has 1 heterocycles. The molecule has 0 bridgehead atoms. The molecule has 146 valence electrons. The molecule has 0 saturated heterocycles. The van der Waals surface area contributed by atoms with Gasteiger partial charge >= 0.3 is 0 Å². The van der Waals surface area contributed by atoms with Crippen molar-refractivity contribution in [1.29, 1.82) is 0 Å². The largest absolute Gasteiger partial charge is 0.337 e. The van der Waals surface area contributed by atoms with Crippen molar-refractivity contribution in [1.82, 2.24) is 14.9 Å². The second kappa shape index (κ2) is 10.1. The molecular formula is C22H25ClN4O. The third-order valence-corrected chi connectivity index (χ3v) is 4.95. The first-order chi connectivity index (χ1) is 13.6. The molecule has 0 aliphatic carbocycles. The molecule has 2 aromatic carbocycles. The molecule has 1 unspecified atom stereocenters. The summed E-state index contributed by atoms with van der Waals surface area (Å²) in [5, 5.41) is 6.94. The fourth-order valence-electron chi connectivity index (χ4n) is 2.97. The number of amides is 1. The van der Waals surface area contributed by atoms with E-state index in [-0.39, 0.29) is 5.91 Å². The predicted molar refractivity (Wildman–Crippen MR) is 114 cm³/mol. The van der Waals surface area contributed by atoms with Crippen LogP contribution in [0, 0.1) is 0 Å². The maximum atomic E-state index is 12.4. The molecule has 0 radical (unpaired) electrons. The van der Waals surface area contributed by atoms with Gasteiger partial charge in [-0.3, -0.25) is 4.79 Å². The molecule has 1 atom stereocenters. The lowest BCUT2D eigenvalue weighted by Gasteiger charge is -2.16. The van der Waals surface area contributed by atoms with Crippen LogP contribution in [0.3, 0.4) is 0 Å². The first kappa shape index (κ1) is 20.1. The van der Waals surface area contributed by atoms with Crippen LogP contribution in [0.4, 0.5) is 5.69 Å². The van der Waals surface area contributed by atoms with E-state index in [0.717, 1.165) is 31.6 Å². The van der Waals surface area contributed by atoms with Gasteiger partial charge < -0.3 is 15.2 Å². The zero-order valence-electron chi connectivity index (χ0n) is 15.9. The molecule has 3 aromatic rings. The van der Waals surface area contributed by atoms with Crippen LogP contribution in [-0.2, 0) is 6.54 Å². The van der Waals surface area contributed by atoms with Crippen LogP contribution in [0.25, 0.3) is 0 Å². The third kappa shape index (κ3) is 5.68. The Bertz CT molecular complexity index is 881. The van der Waals surface area contributed by atoms with Crippen LogP contribution in [0.2, 0.25) is 5.02 Å². The molecular weight excluding hydrogens is 372 g/mol. The van der Waals surface area contributed by atoms with E-state index in [2.05, 4.69) is 27.1 Å². The smallest absolute Gasteiger partial charge is 0.255 e. The van der Waals surface area contributed by atoms with E-state index in [1.807, 2.05) is 48.9 Å². The summed E-state index contributed by atoms with van der Waals surface area (Å²) >= 11 is 6.29. The van der Waals surface area contributed by atoms with Gasteiger partial charge in [0.2, 0.25) is 0 Å². The van der Waals surface area contributed by atoms with E-state index in [0.29, 0.717) is 22.2 Å². The number of carbonyl (C=O) groups excluding carboxylic acids is 1. The highest BCUT2D eigenvalue weighted by Crippen LogP contribution is 2.27. The highest BCUT2D eigenvalue weighted by atomic mass is 35.5. The van der Waals surface area contributed by atoms with Crippen LogP contribution in [0.15, 0.2) is 67.3 Å². The van der Waals surface area contributed by atoms with Crippen molar-refractivity contribution < 1.29 is 4.79 Å². The summed E-state index contributed by atoms with van der Waals surface area (Å²) in [5.41, 5.74) is 2.38. The van der Waals surface area contributed by atoms with E-state index in [9.17, 15) is 4.79 Å². The first-order valence-corrected chi connectivity index (χ1v) is 9.83. The number of aryl methyl sites for hydroxylation is 1. The molecule has 6 heteroatoms. The number of aromatic nitrogens is 2. The number of benzene rings is 2. The molecule has 0 spiro atoms. The predicted octanol–water partition coefficient (Wildman–Crippen LogP) is 4.57. The fourth-order valence-corrected chi connectivity index (χ4v) is 3.14. The lowest BCUT2D eigenvalue weighted by Crippen LogP contribution is -2.22. The summed E-state index contributed by atoms with van der Waals surface area (Å²) in [4.78, 5) is 16.4. The Morgan fingerprint density at radius 3 is 2.79 bits per heavy atom. The molecule has 0 fully saturated rings. The lowest BCUT2D eigenvalue weighted by atomic mass is 10.0. The average molecular weight is 397 g/mol. The van der Waals surface area contributed by atoms with Crippen molar-refractivity contribution in [2.45, 2.75) is 25.8 Å². The Kier molecular flexibility index (Phi) is 7.23. The van der Waals surface area contributed by atoms with Crippen molar-refractivity contribution in [2.75, 3.05) is 18.4 Å². The fraction of sp³-hybridized carbons (Fsp3) is 0.273. The number of hydrogen-bond donors (Lipinski definition) is 2. The van der Waals surface area contributed by atoms with E-state index < -0.39 is 0 Å². The lowest BCUT2D eigenvalue weighted by molar-refractivity contribution is 0.102. The standard InChI is InChI=1S/C22H25ClN4O/c1-17(15-24-10-5-12-27-13-11-25-16-27)19-8-9-20(23)21(14-19)26-22(28)18-6-3-2-4-7-18/h2-4,6-9,11,13-14,16-17,24H,5,10,12,15H2,1H3,(H,26,28). The number of nitrogens with one attached hydrogen (secondary N) is 2. The second-order valence-corrected chi connectivity index (χ2v) is 7.23. The van der Waals surface area contributed by atoms with Crippen LogP contribution in [-0.4, -0.2) is 28.5 Å². The van der Waals surface area contributed by atoms with Gasteiger partial charge in [0.05, 0.1) is 17.0 Å². The van der Waals surface area contributed by atoms with Crippen molar-refractivity contribution in [3.8, 4) is 0 Å². The summed E-state index contributed by atoms with van der Waals surface area (Å²) in [6.07, 6.45) is 6.65. The van der Waals surface area contributed by atoms with Gasteiger partial charge in [-0.15, -0.1) is 0 Å². The number of rotatable bonds is 9. The number of hydrogen-bond acceptors (Lipinski definition) is 3. The summed E-state index contributed by atoms with van der Waals surface area (Å²) in [7, 11) is 0. The van der Waals surface area contributed by atoms with Gasteiger partial charge in [-0.05, 0) is 48.7 Å². The topological polar surface area (TPSA) is 59.0 Å². The molecule has 0 aliphatic heterocycles. The molecule has 0 saturated carbocycles. The second-order valence-electron chi connectivity index (χ2n) is 6.82. The van der Waals surface area contributed by atoms with Crippen molar-refractivity contribution in [3.63, 3.8) is 0 Å². The van der Waals surface area contributed by atoms with Gasteiger partial charge in [0.25, 0.3) is 5.91 Å². The van der Waals surface area contributed by atoms with Crippen molar-refractivity contribution >= 4 is 23.2 Å². The van der Waals surface area contributed by atoms with Crippen LogP contribution in [0.1, 0.15) is 35.2 Å². The normalized spacial score (nSPS) is 11.9. The maximum absolute atomic E-state index is 12.4. The zero-order valence-corrected chi connectivity index (χ0v) is 16.7. The van der Waals surface area contributed by atoms with E-state index in [1.54, 1.807) is 18.3 Å². The Labute approximate surface area is 170 Å². The number of anilines is 1. The first-order valence-electron chi connectivity index (χ1n) is 9.46. The Balaban J connectivity index is 1.52. The van der Waals surface area contributed by atoms with Gasteiger partial charge in [0.1, 0.15) is 0 Å². The molecule has 0 aliphatic rings. The zero-order chi connectivity index (χ0) is 19.8. The monoisotopic (exact) mass is 396 g/mol. The highest BCUT2D eigenvalue weighted by molar-refractivity contribution is 6.34. The van der Waals surface area contributed by atoms with Gasteiger partial charge in [0, 0.05) is 31.0 Å². The van der Waals surface area contributed by atoms with Gasteiger partial charge in [-0.25, -0.2) is 4.98 Å². The van der Waals surface area contributed by atoms with E-state index in [4.69, 9.17) is 11.6 Å². The highest BCUT2D eigenvalue weighted by Gasteiger charge is 2.12. The van der Waals surface area contributed by atoms with Crippen LogP contribution >= 0.6 is 11.6 Å². The quantitative estimate of drug-likeness (QED) is 0.521. The average Bonchev–Trinajstić information content (AvgIpc) is 3.23. The Morgan fingerprint density at radius 2 is 2.04 bits per heavy atom. The van der Waals surface area contributed by atoms with Gasteiger partial charge in [-0.1, -0.05) is 42.8 Å². The summed E-state index contributed by atoms with van der Waals surface area (Å²) in [5.74, 6) is 0.141. The van der Waals surface area contributed by atoms with Gasteiger partial charge in [-0.2, -0.15) is 0 Å². The molecule has 2 N–H and O–H groups in total. The number of carbonyl (C=O) groups is 1. The Hall–Kier alpha value is -2.63. The summed E-state index contributed by atoms with van der Waals surface area (Å²) < 4.78 is 2.08. The summed E-state index contributed by atoms with van der Waals surface area (Å²) in [6, 6.07) is 14.9. The minimum Gasteiger partial charge on any atom is -0.337 e. The molecule has 5 nitrogen and oxygen atoms in total. The molecule has 1 amide bonds. The van der Waals surface area contributed by atoms with Crippen molar-refractivity contribution in [3.05, 3.63) is 83.4 Å². The number of nitrogens with zero attached hydrogens (tertiary/aromatic N) is 2. The Morgan fingerprint density at radius 1 is 1.21 bits per heavy atom. The minimum atomic E-state index is -0.162. The maximum Gasteiger partial charge on any atom is 0.255 e. The molecule has 28 heavy (non-hydrogen) atoms. The summed E-state index contributed by atoms with van der Waals surface area (Å²) in [6.45, 7) is 4.91. The third-order valence-electron chi connectivity index (χ3n) is 4.62. The molecule has 3 rings (SSSR count). The van der Waals surface area contributed by atoms with Crippen LogP contribution < -0.4 is 10.6 Å². The van der Waals surface area contributed by atoms with Crippen LogP contribution in [0.5, 0.6) is 0 Å². The minimum absolute atomic E-state index is 0.162. The SMILES string of the molecule is CC(CNCCCn1ccnc1)c1ccc(Cl)c(NC(=O)c2ccccc2)c1. The van der Waals surface area contributed by atoms with Gasteiger partial charge in [0.15, 0.2) is 0 Å².